The number of aromatic nitrogens is 7. The first-order chi connectivity index (χ1) is 17.8. The Morgan fingerprint density at radius 3 is 1.30 bits per heavy atom. The molecule has 0 N–H and O–H groups in total. The summed E-state index contributed by atoms with van der Waals surface area (Å²) in [5.74, 6) is 0. The van der Waals surface area contributed by atoms with E-state index in [4.69, 9.17) is 0 Å². The van der Waals surface area contributed by atoms with Gasteiger partial charge in [-0.15, -0.1) is 34.6 Å². The first-order valence-corrected chi connectivity index (χ1v) is 11.8. The number of rotatable bonds is 8. The molecule has 0 atom stereocenters. The molecule has 4 aromatic heterocycles. The Labute approximate surface area is 230 Å². The van der Waals surface area contributed by atoms with Gasteiger partial charge in [-0.1, -0.05) is 0 Å². The summed E-state index contributed by atoms with van der Waals surface area (Å²) in [5.41, 5.74) is 4.56. The first-order valence-electron chi connectivity index (χ1n) is 11.8. The summed E-state index contributed by atoms with van der Waals surface area (Å²) in [6.07, 6.45) is 16.4. The van der Waals surface area contributed by atoms with E-state index >= 15 is 0 Å². The number of benzene rings is 2. The van der Waals surface area contributed by atoms with E-state index in [0.29, 0.717) is 0 Å². The number of hydrogen-bond acceptors (Lipinski definition) is 3. The van der Waals surface area contributed by atoms with Crippen molar-refractivity contribution in [2.75, 3.05) is 0 Å². The molecule has 0 radical (unpaired) electrons. The van der Waals surface area contributed by atoms with Crippen molar-refractivity contribution in [2.45, 2.75) is 26.2 Å². The van der Waals surface area contributed by atoms with Gasteiger partial charge < -0.3 is 4.57 Å². The van der Waals surface area contributed by atoms with Gasteiger partial charge in [0.15, 0.2) is 0 Å². The van der Waals surface area contributed by atoms with Crippen molar-refractivity contribution < 1.29 is 20.1 Å². The molecular weight excluding hydrogens is 639 g/mol. The quantitative estimate of drug-likeness (QED) is 0.228. The average molecular weight is 665 g/mol. The van der Waals surface area contributed by atoms with Crippen LogP contribution in [0.3, 0.4) is 0 Å². The van der Waals surface area contributed by atoms with E-state index < -0.39 is 0 Å². The maximum absolute atomic E-state index is 4.20. The van der Waals surface area contributed by atoms with Crippen molar-refractivity contribution in [1.29, 1.82) is 0 Å². The van der Waals surface area contributed by atoms with E-state index in [-0.39, 0.29) is 20.1 Å². The Balaban J connectivity index is 0.000000168. The molecule has 37 heavy (non-hydrogen) atoms. The van der Waals surface area contributed by atoms with Crippen LogP contribution < -0.4 is 0 Å². The zero-order valence-corrected chi connectivity index (χ0v) is 22.6. The van der Waals surface area contributed by atoms with Crippen molar-refractivity contribution in [2.24, 2.45) is 0 Å². The third kappa shape index (κ3) is 8.00. The maximum Gasteiger partial charge on any atom is 3.00 e. The molecule has 0 aliphatic carbocycles. The van der Waals surface area contributed by atoms with Crippen LogP contribution in [0.5, 0.6) is 0 Å². The molecule has 0 amide bonds. The van der Waals surface area contributed by atoms with Gasteiger partial charge in [-0.3, -0.25) is 14.0 Å². The Morgan fingerprint density at radius 2 is 0.946 bits per heavy atom. The topological polar surface area (TPSA) is 58.4 Å². The fraction of sp³-hybridized carbons (Fsp3) is 0.138. The molecule has 0 bridgehead atoms. The van der Waals surface area contributed by atoms with Crippen LogP contribution in [0.25, 0.3) is 0 Å². The SMILES string of the molecule is [Ir+3].[c-]1c(Cn2[c-]ccc2)cccc1Cn1cccn1.[c-]1c(Cn2cccn2)cccc1Cn1cccn1. The summed E-state index contributed by atoms with van der Waals surface area (Å²) in [7, 11) is 0. The fourth-order valence-electron chi connectivity index (χ4n) is 3.83. The summed E-state index contributed by atoms with van der Waals surface area (Å²) >= 11 is 0. The smallest absolute Gasteiger partial charge is 0.469 e. The van der Waals surface area contributed by atoms with Crippen LogP contribution in [0.2, 0.25) is 0 Å². The van der Waals surface area contributed by atoms with E-state index in [1.165, 1.54) is 0 Å². The Kier molecular flexibility index (Phi) is 9.41. The number of hydrogen-bond donors (Lipinski definition) is 0. The second kappa shape index (κ2) is 13.3. The standard InChI is InChI=1S/C15H13N3.C14H13N4.Ir/c1-2-9-17(8-1)12-14-5-3-6-15(11-14)13-18-10-4-7-16-18;1-4-13(11-17-8-2-6-15-17)10-14(5-1)12-18-9-3-7-16-18;/h1-8,10H,12-13H2;1-9H,11-12H2;/q-2;-1;+3. The molecule has 0 saturated carbocycles. The minimum Gasteiger partial charge on any atom is -0.469 e. The second-order valence-corrected chi connectivity index (χ2v) is 8.28. The fourth-order valence-corrected chi connectivity index (χ4v) is 3.83. The molecule has 0 fully saturated rings. The van der Waals surface area contributed by atoms with Gasteiger partial charge in [0.25, 0.3) is 0 Å². The molecule has 186 valence electrons. The van der Waals surface area contributed by atoms with Crippen molar-refractivity contribution in [3.05, 3.63) is 151 Å². The predicted octanol–water partition coefficient (Wildman–Crippen LogP) is 4.36. The van der Waals surface area contributed by atoms with Gasteiger partial charge in [0.05, 0.1) is 0 Å². The van der Waals surface area contributed by atoms with Crippen LogP contribution in [-0.4, -0.2) is 33.9 Å². The van der Waals surface area contributed by atoms with E-state index in [1.54, 1.807) is 18.6 Å². The molecule has 0 spiro atoms. The molecule has 0 saturated heterocycles. The van der Waals surface area contributed by atoms with Crippen LogP contribution >= 0.6 is 0 Å². The minimum atomic E-state index is 0. The van der Waals surface area contributed by atoms with Crippen LogP contribution in [0.4, 0.5) is 0 Å². The number of nitrogens with zero attached hydrogens (tertiary/aromatic N) is 7. The van der Waals surface area contributed by atoms with E-state index in [9.17, 15) is 0 Å². The molecule has 8 heteroatoms. The summed E-state index contributed by atoms with van der Waals surface area (Å²) in [6, 6.07) is 28.9. The van der Waals surface area contributed by atoms with Gasteiger partial charge in [0.2, 0.25) is 0 Å². The average Bonchev–Trinajstić information content (AvgIpc) is 3.70. The molecule has 6 aromatic rings. The summed E-state index contributed by atoms with van der Waals surface area (Å²) < 4.78 is 7.70. The summed E-state index contributed by atoms with van der Waals surface area (Å²) in [6.45, 7) is 3.07. The van der Waals surface area contributed by atoms with Gasteiger partial charge in [-0.25, -0.2) is 0 Å². The van der Waals surface area contributed by atoms with Crippen molar-refractivity contribution in [3.63, 3.8) is 0 Å². The van der Waals surface area contributed by atoms with Crippen LogP contribution in [0.1, 0.15) is 22.3 Å². The molecule has 6 rings (SSSR count). The zero-order chi connectivity index (χ0) is 24.4. The molecular formula is C29H26IrN7. The molecule has 4 heterocycles. The monoisotopic (exact) mass is 665 g/mol. The Morgan fingerprint density at radius 1 is 0.514 bits per heavy atom. The van der Waals surface area contributed by atoms with Gasteiger partial charge in [0.1, 0.15) is 0 Å². The molecule has 2 aromatic carbocycles. The minimum absolute atomic E-state index is 0. The van der Waals surface area contributed by atoms with Gasteiger partial charge in [-0.2, -0.15) is 76.0 Å². The van der Waals surface area contributed by atoms with Crippen molar-refractivity contribution in [3.8, 4) is 0 Å². The maximum atomic E-state index is 4.20. The Hall–Kier alpha value is -4.00. The van der Waals surface area contributed by atoms with Gasteiger partial charge in [-0.05, 0) is 18.2 Å². The normalized spacial score (nSPS) is 10.4. The predicted molar refractivity (Wildman–Crippen MR) is 137 cm³/mol. The zero-order valence-electron chi connectivity index (χ0n) is 20.2. The van der Waals surface area contributed by atoms with Crippen molar-refractivity contribution >= 4 is 0 Å². The van der Waals surface area contributed by atoms with Gasteiger partial charge >= 0.3 is 20.1 Å². The van der Waals surface area contributed by atoms with E-state index in [1.807, 2.05) is 79.8 Å². The third-order valence-electron chi connectivity index (χ3n) is 5.45. The van der Waals surface area contributed by atoms with Gasteiger partial charge in [0, 0.05) is 63.4 Å². The van der Waals surface area contributed by atoms with E-state index in [0.717, 1.165) is 48.4 Å². The molecule has 0 aliphatic heterocycles. The molecule has 7 nitrogen and oxygen atoms in total. The molecule has 0 aliphatic rings. The van der Waals surface area contributed by atoms with Crippen LogP contribution in [-0.2, 0) is 46.3 Å². The molecule has 0 unspecified atom stereocenters. The second-order valence-electron chi connectivity index (χ2n) is 8.28. The third-order valence-corrected chi connectivity index (χ3v) is 5.45. The Bertz CT molecular complexity index is 1210. The first kappa shape index (κ1) is 26.1. The summed E-state index contributed by atoms with van der Waals surface area (Å²) in [4.78, 5) is 0. The van der Waals surface area contributed by atoms with Crippen molar-refractivity contribution in [1.82, 2.24) is 33.9 Å². The van der Waals surface area contributed by atoms with Crippen LogP contribution in [0.15, 0.2) is 110 Å². The van der Waals surface area contributed by atoms with Crippen LogP contribution in [0, 0.1) is 18.3 Å². The summed E-state index contributed by atoms with van der Waals surface area (Å²) in [5, 5.41) is 12.6. The largest absolute Gasteiger partial charge is 3.00 e. The van der Waals surface area contributed by atoms with E-state index in [2.05, 4.69) is 64.0 Å².